The van der Waals surface area contributed by atoms with Gasteiger partial charge in [-0.2, -0.15) is 0 Å². The van der Waals surface area contributed by atoms with Gasteiger partial charge in [-0.25, -0.2) is 0 Å². The van der Waals surface area contributed by atoms with Gasteiger partial charge < -0.3 is 14.7 Å². The van der Waals surface area contributed by atoms with Crippen molar-refractivity contribution in [3.05, 3.63) is 259 Å². The fraction of sp³-hybridized carbons (Fsp3) is 0.0182. The van der Waals surface area contributed by atoms with Crippen molar-refractivity contribution < 1.29 is 0 Å². The molecule has 0 unspecified atom stereocenters. The van der Waals surface area contributed by atoms with Crippen LogP contribution in [0.2, 0.25) is 0 Å². The molecule has 0 bridgehead atoms. The van der Waals surface area contributed by atoms with Crippen LogP contribution in [0.4, 0.5) is 51.2 Å². The van der Waals surface area contributed by atoms with Gasteiger partial charge in [0.05, 0.1) is 22.5 Å². The van der Waals surface area contributed by atoms with E-state index in [0.717, 1.165) is 39.8 Å². The van der Waals surface area contributed by atoms with E-state index in [1.54, 1.807) is 0 Å². The van der Waals surface area contributed by atoms with Gasteiger partial charge in [0.25, 0.3) is 0 Å². The first-order valence-corrected chi connectivity index (χ1v) is 20.0. The van der Waals surface area contributed by atoms with Crippen molar-refractivity contribution in [2.75, 3.05) is 14.7 Å². The maximum absolute atomic E-state index is 2.48. The summed E-state index contributed by atoms with van der Waals surface area (Å²) in [7, 11) is 0. The molecular formula is C55H39N3. The summed E-state index contributed by atoms with van der Waals surface area (Å²) >= 11 is 0. The molecule has 0 aromatic heterocycles. The summed E-state index contributed by atoms with van der Waals surface area (Å²) in [5.74, 6) is 0. The lowest BCUT2D eigenvalue weighted by atomic mass is 9.64. The maximum Gasteiger partial charge on any atom is 0.0755 e. The molecule has 0 radical (unpaired) electrons. The molecular weight excluding hydrogens is 703 g/mol. The van der Waals surface area contributed by atoms with Crippen molar-refractivity contribution in [3.8, 4) is 11.1 Å². The summed E-state index contributed by atoms with van der Waals surface area (Å²) in [6.07, 6.45) is 0. The van der Waals surface area contributed by atoms with Crippen molar-refractivity contribution in [2.24, 2.45) is 0 Å². The van der Waals surface area contributed by atoms with Crippen molar-refractivity contribution in [2.45, 2.75) is 5.41 Å². The minimum absolute atomic E-state index is 0.646. The summed E-state index contributed by atoms with van der Waals surface area (Å²) in [6.45, 7) is 0. The minimum Gasteiger partial charge on any atom is -0.310 e. The van der Waals surface area contributed by atoms with Gasteiger partial charge in [0.2, 0.25) is 0 Å². The van der Waals surface area contributed by atoms with E-state index in [2.05, 4.69) is 251 Å². The molecule has 2 aliphatic rings. The van der Waals surface area contributed by atoms with Crippen LogP contribution >= 0.6 is 0 Å². The van der Waals surface area contributed by atoms with E-state index < -0.39 is 5.41 Å². The predicted octanol–water partition coefficient (Wildman–Crippen LogP) is 14.8. The Balaban J connectivity index is 1.31. The third-order valence-corrected chi connectivity index (χ3v) is 11.8. The molecule has 58 heavy (non-hydrogen) atoms. The Hall–Kier alpha value is -7.62. The first-order chi connectivity index (χ1) is 28.8. The first-order valence-electron chi connectivity index (χ1n) is 20.0. The number of fused-ring (bicyclic) bond motifs is 9. The van der Waals surface area contributed by atoms with E-state index in [-0.39, 0.29) is 0 Å². The molecule has 0 amide bonds. The summed E-state index contributed by atoms with van der Waals surface area (Å²) in [5.41, 5.74) is 16.9. The monoisotopic (exact) mass is 741 g/mol. The second-order valence-corrected chi connectivity index (χ2v) is 14.9. The van der Waals surface area contributed by atoms with Crippen LogP contribution in [-0.2, 0) is 5.41 Å². The van der Waals surface area contributed by atoms with Gasteiger partial charge in [0, 0.05) is 39.7 Å². The molecule has 0 N–H and O–H groups in total. The highest BCUT2D eigenvalue weighted by molar-refractivity contribution is 6.03. The first kappa shape index (κ1) is 33.7. The molecule has 3 nitrogen and oxygen atoms in total. The molecule has 0 saturated carbocycles. The van der Waals surface area contributed by atoms with Crippen LogP contribution in [0.15, 0.2) is 237 Å². The fourth-order valence-electron chi connectivity index (χ4n) is 9.53. The molecule has 1 aliphatic heterocycles. The van der Waals surface area contributed by atoms with E-state index in [1.807, 2.05) is 0 Å². The zero-order valence-electron chi connectivity index (χ0n) is 31.9. The van der Waals surface area contributed by atoms with E-state index in [0.29, 0.717) is 0 Å². The molecule has 1 heterocycles. The number of hydrogen-bond donors (Lipinski definition) is 0. The zero-order chi connectivity index (χ0) is 38.5. The van der Waals surface area contributed by atoms with Gasteiger partial charge in [0.15, 0.2) is 0 Å². The van der Waals surface area contributed by atoms with E-state index in [1.165, 1.54) is 44.8 Å². The van der Waals surface area contributed by atoms with Crippen LogP contribution in [0.25, 0.3) is 11.1 Å². The van der Waals surface area contributed by atoms with Crippen molar-refractivity contribution in [3.63, 3.8) is 0 Å². The maximum atomic E-state index is 2.48. The highest BCUT2D eigenvalue weighted by Crippen LogP contribution is 2.66. The smallest absolute Gasteiger partial charge is 0.0755 e. The minimum atomic E-state index is -0.646. The van der Waals surface area contributed by atoms with Crippen molar-refractivity contribution in [1.82, 2.24) is 0 Å². The standard InChI is InChI=1S/C55H39N3/c1-6-22-40(23-7-1)56(41-24-8-2-9-25-41)45-38-50-54(53(39-45)57(42-26-10-3-11-27-42)43-28-12-4-13-29-43)46-32-16-17-33-47(46)55(50)48-34-18-20-36-51(48)58(44-30-14-5-15-31-44)52-37-21-19-35-49(52)55/h1-39H. The number of para-hydroxylation sites is 7. The van der Waals surface area contributed by atoms with Gasteiger partial charge in [0.1, 0.15) is 0 Å². The molecule has 0 saturated heterocycles. The summed E-state index contributed by atoms with van der Waals surface area (Å²) in [6, 6.07) is 86.0. The van der Waals surface area contributed by atoms with Crippen molar-refractivity contribution in [1.29, 1.82) is 0 Å². The number of rotatable bonds is 7. The Bertz CT molecular complexity index is 2770. The van der Waals surface area contributed by atoms with Crippen LogP contribution in [0, 0.1) is 0 Å². The Kier molecular flexibility index (Phi) is 8.04. The summed E-state index contributed by atoms with van der Waals surface area (Å²) in [4.78, 5) is 7.30. The van der Waals surface area contributed by atoms with Gasteiger partial charge in [-0.15, -0.1) is 0 Å². The molecule has 1 aliphatic carbocycles. The summed E-state index contributed by atoms with van der Waals surface area (Å²) < 4.78 is 0. The van der Waals surface area contributed by atoms with Gasteiger partial charge >= 0.3 is 0 Å². The lowest BCUT2D eigenvalue weighted by Crippen LogP contribution is -2.36. The predicted molar refractivity (Wildman–Crippen MR) is 241 cm³/mol. The zero-order valence-corrected chi connectivity index (χ0v) is 31.9. The molecule has 9 aromatic rings. The highest BCUT2D eigenvalue weighted by Gasteiger charge is 2.53. The van der Waals surface area contributed by atoms with Crippen LogP contribution < -0.4 is 14.7 Å². The van der Waals surface area contributed by atoms with Gasteiger partial charge in [-0.3, -0.25) is 0 Å². The number of nitrogens with zero attached hydrogens (tertiary/aromatic N) is 3. The van der Waals surface area contributed by atoms with Gasteiger partial charge in [-0.1, -0.05) is 152 Å². The molecule has 1 spiro atoms. The number of benzene rings is 9. The van der Waals surface area contributed by atoms with Crippen LogP contribution in [0.1, 0.15) is 22.3 Å². The average Bonchev–Trinajstić information content (AvgIpc) is 3.59. The lowest BCUT2D eigenvalue weighted by molar-refractivity contribution is 0.752. The molecule has 11 rings (SSSR count). The Morgan fingerprint density at radius 1 is 0.310 bits per heavy atom. The largest absolute Gasteiger partial charge is 0.310 e. The third kappa shape index (κ3) is 5.14. The third-order valence-electron chi connectivity index (χ3n) is 11.8. The van der Waals surface area contributed by atoms with Crippen molar-refractivity contribution >= 4 is 51.2 Å². The van der Waals surface area contributed by atoms with E-state index in [4.69, 9.17) is 0 Å². The molecule has 3 heteroatoms. The van der Waals surface area contributed by atoms with Gasteiger partial charge in [-0.05, 0) is 113 Å². The van der Waals surface area contributed by atoms with Crippen LogP contribution in [0.5, 0.6) is 0 Å². The van der Waals surface area contributed by atoms with Crippen LogP contribution in [-0.4, -0.2) is 0 Å². The Morgan fingerprint density at radius 3 is 1.21 bits per heavy atom. The summed E-state index contributed by atoms with van der Waals surface area (Å²) in [5, 5.41) is 0. The fourth-order valence-corrected chi connectivity index (χ4v) is 9.53. The van der Waals surface area contributed by atoms with E-state index in [9.17, 15) is 0 Å². The SMILES string of the molecule is c1ccc(N(c2ccccc2)c2cc(N(c3ccccc3)c3ccccc3)c3c(c2)C2(c4ccccc4-3)c3ccccc3N(c3ccccc3)c3ccccc32)cc1. The average molecular weight is 742 g/mol. The normalized spacial score (nSPS) is 12.9. The second kappa shape index (κ2) is 13.8. The topological polar surface area (TPSA) is 9.72 Å². The lowest BCUT2D eigenvalue weighted by Gasteiger charge is -2.45. The molecule has 274 valence electrons. The van der Waals surface area contributed by atoms with E-state index >= 15 is 0 Å². The molecule has 0 atom stereocenters. The molecule has 9 aromatic carbocycles. The Labute approximate surface area is 340 Å². The number of hydrogen-bond acceptors (Lipinski definition) is 3. The second-order valence-electron chi connectivity index (χ2n) is 14.9. The Morgan fingerprint density at radius 2 is 0.707 bits per heavy atom. The number of anilines is 9. The quantitative estimate of drug-likeness (QED) is 0.161. The van der Waals surface area contributed by atoms with Crippen LogP contribution in [0.3, 0.4) is 0 Å². The molecule has 0 fully saturated rings. The highest BCUT2D eigenvalue weighted by atomic mass is 15.2.